The first-order valence-electron chi connectivity index (χ1n) is 7.35. The number of nitrogens with zero attached hydrogens (tertiary/aromatic N) is 4. The van der Waals surface area contributed by atoms with Crippen LogP contribution in [0.5, 0.6) is 0 Å². The largest absolute Gasteiger partial charge is 0.420 e. The minimum atomic E-state index is -0.551. The fourth-order valence-electron chi connectivity index (χ4n) is 2.59. The molecule has 3 aromatic heterocycles. The quantitative estimate of drug-likeness (QED) is 0.603. The van der Waals surface area contributed by atoms with E-state index in [1.54, 1.807) is 28.8 Å². The van der Waals surface area contributed by atoms with Crippen LogP contribution in [0.1, 0.15) is 5.69 Å². The highest BCUT2D eigenvalue weighted by Gasteiger charge is 2.12. The minimum absolute atomic E-state index is 0.108. The van der Waals surface area contributed by atoms with Crippen LogP contribution in [0, 0.1) is 0 Å². The van der Waals surface area contributed by atoms with Crippen molar-refractivity contribution in [2.45, 2.75) is 13.1 Å². The first kappa shape index (κ1) is 14.2. The molecule has 1 aromatic carbocycles. The molecule has 120 valence electrons. The van der Waals surface area contributed by atoms with Crippen molar-refractivity contribution in [3.05, 3.63) is 65.0 Å². The second-order valence-electron chi connectivity index (χ2n) is 5.25. The zero-order valence-electron chi connectivity index (χ0n) is 12.5. The fraction of sp³-hybridized carbons (Fsp3) is 0.125. The molecule has 0 aliphatic carbocycles. The van der Waals surface area contributed by atoms with Gasteiger partial charge < -0.3 is 9.73 Å². The standard InChI is InChI=1S/C16H13N5O3/c22-15(9-20-12-5-1-2-6-13(12)24-16(20)23)17-8-11-4-3-7-14-18-10-19-21(11)14/h1-7,10H,8-9H2,(H,17,22). The summed E-state index contributed by atoms with van der Waals surface area (Å²) in [6.07, 6.45) is 1.46. The van der Waals surface area contributed by atoms with E-state index < -0.39 is 5.76 Å². The van der Waals surface area contributed by atoms with E-state index >= 15 is 0 Å². The number of hydrogen-bond acceptors (Lipinski definition) is 5. The molecule has 8 heteroatoms. The molecule has 4 rings (SSSR count). The zero-order chi connectivity index (χ0) is 16.5. The Morgan fingerprint density at radius 1 is 1.17 bits per heavy atom. The second kappa shape index (κ2) is 5.65. The molecular weight excluding hydrogens is 310 g/mol. The molecular formula is C16H13N5O3. The number of amides is 1. The molecule has 0 unspecified atom stereocenters. The average molecular weight is 323 g/mol. The molecule has 0 aliphatic heterocycles. The van der Waals surface area contributed by atoms with Crippen molar-refractivity contribution in [2.24, 2.45) is 0 Å². The summed E-state index contributed by atoms with van der Waals surface area (Å²) in [6, 6.07) is 12.5. The Morgan fingerprint density at radius 2 is 2.04 bits per heavy atom. The molecule has 8 nitrogen and oxygen atoms in total. The lowest BCUT2D eigenvalue weighted by atomic mass is 10.3. The summed E-state index contributed by atoms with van der Waals surface area (Å²) in [6.45, 7) is 0.174. The molecule has 0 bridgehead atoms. The van der Waals surface area contributed by atoms with Gasteiger partial charge in [-0.3, -0.25) is 9.36 Å². The smallest absolute Gasteiger partial charge is 0.408 e. The molecule has 0 fully saturated rings. The number of hydrogen-bond donors (Lipinski definition) is 1. The van der Waals surface area contributed by atoms with Gasteiger partial charge in [-0.25, -0.2) is 14.3 Å². The van der Waals surface area contributed by atoms with Crippen LogP contribution < -0.4 is 11.1 Å². The van der Waals surface area contributed by atoms with E-state index in [0.29, 0.717) is 16.7 Å². The van der Waals surface area contributed by atoms with Crippen molar-refractivity contribution >= 4 is 22.7 Å². The van der Waals surface area contributed by atoms with Crippen LogP contribution in [0.15, 0.2) is 58.0 Å². The highest BCUT2D eigenvalue weighted by Crippen LogP contribution is 2.11. The Hall–Kier alpha value is -3.42. The number of nitrogens with one attached hydrogen (secondary N) is 1. The molecule has 0 saturated heterocycles. The van der Waals surface area contributed by atoms with Crippen molar-refractivity contribution in [3.8, 4) is 0 Å². The third-order valence-electron chi connectivity index (χ3n) is 3.72. The normalized spacial score (nSPS) is 11.2. The lowest BCUT2D eigenvalue weighted by Crippen LogP contribution is -2.31. The monoisotopic (exact) mass is 323 g/mol. The number of aromatic nitrogens is 4. The zero-order valence-corrected chi connectivity index (χ0v) is 12.5. The van der Waals surface area contributed by atoms with Gasteiger partial charge in [0.25, 0.3) is 0 Å². The van der Waals surface area contributed by atoms with Gasteiger partial charge in [0.15, 0.2) is 11.2 Å². The van der Waals surface area contributed by atoms with E-state index in [-0.39, 0.29) is 19.0 Å². The van der Waals surface area contributed by atoms with Gasteiger partial charge in [-0.05, 0) is 24.3 Å². The van der Waals surface area contributed by atoms with Crippen LogP contribution >= 0.6 is 0 Å². The van der Waals surface area contributed by atoms with Crippen LogP contribution in [0.2, 0.25) is 0 Å². The molecule has 4 aromatic rings. The number of carbonyl (C=O) groups excluding carboxylic acids is 1. The highest BCUT2D eigenvalue weighted by atomic mass is 16.4. The van der Waals surface area contributed by atoms with Gasteiger partial charge in [0, 0.05) is 0 Å². The van der Waals surface area contributed by atoms with Crippen LogP contribution in [-0.4, -0.2) is 25.1 Å². The Balaban J connectivity index is 1.52. The van der Waals surface area contributed by atoms with E-state index in [1.807, 2.05) is 18.2 Å². The Kier molecular flexibility index (Phi) is 3.34. The van der Waals surface area contributed by atoms with E-state index in [2.05, 4.69) is 15.4 Å². The molecule has 3 heterocycles. The van der Waals surface area contributed by atoms with Crippen molar-refractivity contribution < 1.29 is 9.21 Å². The predicted octanol–water partition coefficient (Wildman–Crippen LogP) is 0.954. The Morgan fingerprint density at radius 3 is 2.96 bits per heavy atom. The molecule has 0 saturated carbocycles. The Bertz CT molecular complexity index is 1090. The number of para-hydroxylation sites is 2. The summed E-state index contributed by atoms with van der Waals surface area (Å²) in [5.41, 5.74) is 2.56. The van der Waals surface area contributed by atoms with Gasteiger partial charge in [0.1, 0.15) is 12.9 Å². The maximum absolute atomic E-state index is 12.2. The summed E-state index contributed by atoms with van der Waals surface area (Å²) in [7, 11) is 0. The summed E-state index contributed by atoms with van der Waals surface area (Å²) < 4.78 is 8.07. The molecule has 1 N–H and O–H groups in total. The number of oxazole rings is 1. The number of fused-ring (bicyclic) bond motifs is 2. The van der Waals surface area contributed by atoms with E-state index in [4.69, 9.17) is 4.42 Å². The van der Waals surface area contributed by atoms with E-state index in [0.717, 1.165) is 5.69 Å². The van der Waals surface area contributed by atoms with Crippen LogP contribution in [-0.2, 0) is 17.9 Å². The van der Waals surface area contributed by atoms with Crippen LogP contribution in [0.3, 0.4) is 0 Å². The maximum Gasteiger partial charge on any atom is 0.420 e. The van der Waals surface area contributed by atoms with Gasteiger partial charge in [0.2, 0.25) is 5.91 Å². The highest BCUT2D eigenvalue weighted by molar-refractivity contribution is 5.79. The SMILES string of the molecule is O=C(Cn1c(=O)oc2ccccc21)NCc1cccc2ncnn12. The Labute approximate surface area is 135 Å². The van der Waals surface area contributed by atoms with E-state index in [1.165, 1.54) is 10.9 Å². The molecule has 0 radical (unpaired) electrons. The lowest BCUT2D eigenvalue weighted by molar-refractivity contribution is -0.121. The minimum Gasteiger partial charge on any atom is -0.408 e. The first-order chi connectivity index (χ1) is 11.7. The number of benzene rings is 1. The van der Waals surface area contributed by atoms with Crippen molar-refractivity contribution in [3.63, 3.8) is 0 Å². The van der Waals surface area contributed by atoms with E-state index in [9.17, 15) is 9.59 Å². The topological polar surface area (TPSA) is 94.4 Å². The van der Waals surface area contributed by atoms with Crippen LogP contribution in [0.25, 0.3) is 16.7 Å². The van der Waals surface area contributed by atoms with Gasteiger partial charge in [-0.1, -0.05) is 18.2 Å². The van der Waals surface area contributed by atoms with Crippen molar-refractivity contribution in [1.29, 1.82) is 0 Å². The predicted molar refractivity (Wildman–Crippen MR) is 85.3 cm³/mol. The van der Waals surface area contributed by atoms with Crippen molar-refractivity contribution in [1.82, 2.24) is 24.5 Å². The number of pyridine rings is 1. The number of rotatable bonds is 4. The van der Waals surface area contributed by atoms with Gasteiger partial charge in [-0.15, -0.1) is 0 Å². The summed E-state index contributed by atoms with van der Waals surface area (Å²) in [4.78, 5) is 28.2. The van der Waals surface area contributed by atoms with Gasteiger partial charge >= 0.3 is 5.76 Å². The third-order valence-corrected chi connectivity index (χ3v) is 3.72. The fourth-order valence-corrected chi connectivity index (χ4v) is 2.59. The molecule has 0 spiro atoms. The maximum atomic E-state index is 12.2. The summed E-state index contributed by atoms with van der Waals surface area (Å²) >= 11 is 0. The van der Waals surface area contributed by atoms with Gasteiger partial charge in [0.05, 0.1) is 17.8 Å². The molecule has 24 heavy (non-hydrogen) atoms. The average Bonchev–Trinajstić information content (AvgIpc) is 3.18. The third kappa shape index (κ3) is 2.43. The first-order valence-corrected chi connectivity index (χ1v) is 7.35. The number of carbonyl (C=O) groups is 1. The summed E-state index contributed by atoms with van der Waals surface area (Å²) in [5.74, 6) is -0.842. The lowest BCUT2D eigenvalue weighted by Gasteiger charge is -2.07. The summed E-state index contributed by atoms with van der Waals surface area (Å²) in [5, 5.41) is 6.89. The molecule has 1 amide bonds. The van der Waals surface area contributed by atoms with Crippen molar-refractivity contribution in [2.75, 3.05) is 0 Å². The van der Waals surface area contributed by atoms with Gasteiger partial charge in [-0.2, -0.15) is 5.10 Å². The molecule has 0 atom stereocenters. The molecule has 0 aliphatic rings. The second-order valence-corrected chi connectivity index (χ2v) is 5.25. The van der Waals surface area contributed by atoms with Crippen LogP contribution in [0.4, 0.5) is 0 Å².